The SMILES string of the molecule is Nc1cc(C(=O)NCCCC2CC2)ccc1Cl. The van der Waals surface area contributed by atoms with Crippen LogP contribution in [0.25, 0.3) is 0 Å². The van der Waals surface area contributed by atoms with Crippen LogP contribution in [-0.4, -0.2) is 12.5 Å². The molecule has 0 radical (unpaired) electrons. The summed E-state index contributed by atoms with van der Waals surface area (Å²) in [5, 5.41) is 3.37. The van der Waals surface area contributed by atoms with Gasteiger partial charge in [-0.1, -0.05) is 24.4 Å². The Labute approximate surface area is 106 Å². The lowest BCUT2D eigenvalue weighted by Gasteiger charge is -2.06. The van der Waals surface area contributed by atoms with Gasteiger partial charge in [-0.2, -0.15) is 0 Å². The van der Waals surface area contributed by atoms with Gasteiger partial charge in [-0.3, -0.25) is 4.79 Å². The number of nitrogens with one attached hydrogen (secondary N) is 1. The maximum atomic E-state index is 11.8. The summed E-state index contributed by atoms with van der Waals surface area (Å²) < 4.78 is 0. The van der Waals surface area contributed by atoms with Gasteiger partial charge in [0.15, 0.2) is 0 Å². The molecular weight excluding hydrogens is 236 g/mol. The molecule has 3 nitrogen and oxygen atoms in total. The quantitative estimate of drug-likeness (QED) is 0.625. The molecule has 1 aliphatic carbocycles. The molecule has 4 heteroatoms. The molecule has 0 heterocycles. The molecule has 0 spiro atoms. The second kappa shape index (κ2) is 5.41. The summed E-state index contributed by atoms with van der Waals surface area (Å²) in [7, 11) is 0. The number of carbonyl (C=O) groups excluding carboxylic acids is 1. The first kappa shape index (κ1) is 12.2. The van der Waals surface area contributed by atoms with Crippen molar-refractivity contribution in [2.45, 2.75) is 25.7 Å². The lowest BCUT2D eigenvalue weighted by Crippen LogP contribution is -2.24. The van der Waals surface area contributed by atoms with Gasteiger partial charge in [0, 0.05) is 12.1 Å². The molecule has 1 fully saturated rings. The molecule has 0 unspecified atom stereocenters. The van der Waals surface area contributed by atoms with Gasteiger partial charge in [0.2, 0.25) is 0 Å². The standard InChI is InChI=1S/C13H17ClN2O/c14-11-6-5-10(8-12(11)15)13(17)16-7-1-2-9-3-4-9/h5-6,8-9H,1-4,7,15H2,(H,16,17). The molecule has 1 aromatic carbocycles. The molecular formula is C13H17ClN2O. The molecule has 17 heavy (non-hydrogen) atoms. The van der Waals surface area contributed by atoms with Crippen LogP contribution in [0.15, 0.2) is 18.2 Å². The van der Waals surface area contributed by atoms with Gasteiger partial charge >= 0.3 is 0 Å². The highest BCUT2D eigenvalue weighted by Gasteiger charge is 2.20. The second-order valence-corrected chi connectivity index (χ2v) is 4.98. The summed E-state index contributed by atoms with van der Waals surface area (Å²) in [6.07, 6.45) is 5.01. The smallest absolute Gasteiger partial charge is 0.251 e. The lowest BCUT2D eigenvalue weighted by molar-refractivity contribution is 0.0953. The summed E-state index contributed by atoms with van der Waals surface area (Å²) in [6, 6.07) is 4.95. The predicted molar refractivity (Wildman–Crippen MR) is 70.2 cm³/mol. The molecule has 0 aromatic heterocycles. The normalized spacial score (nSPS) is 14.6. The minimum atomic E-state index is -0.0795. The van der Waals surface area contributed by atoms with Crippen LogP contribution in [0.2, 0.25) is 5.02 Å². The van der Waals surface area contributed by atoms with E-state index in [2.05, 4.69) is 5.32 Å². The van der Waals surface area contributed by atoms with Gasteiger partial charge in [0.05, 0.1) is 10.7 Å². The van der Waals surface area contributed by atoms with Crippen LogP contribution < -0.4 is 11.1 Å². The monoisotopic (exact) mass is 252 g/mol. The van der Waals surface area contributed by atoms with Crippen LogP contribution in [0.5, 0.6) is 0 Å². The van der Waals surface area contributed by atoms with Crippen LogP contribution in [0, 0.1) is 5.92 Å². The Bertz CT molecular complexity index is 416. The maximum absolute atomic E-state index is 11.8. The molecule has 1 amide bonds. The van der Waals surface area contributed by atoms with Crippen LogP contribution in [-0.2, 0) is 0 Å². The van der Waals surface area contributed by atoms with E-state index >= 15 is 0 Å². The number of hydrogen-bond acceptors (Lipinski definition) is 2. The molecule has 1 aromatic rings. The molecule has 92 valence electrons. The van der Waals surface area contributed by atoms with Crippen molar-refractivity contribution in [2.75, 3.05) is 12.3 Å². The molecule has 0 aliphatic heterocycles. The van der Waals surface area contributed by atoms with Crippen molar-refractivity contribution < 1.29 is 4.79 Å². The number of anilines is 1. The van der Waals surface area contributed by atoms with Crippen molar-refractivity contribution in [3.63, 3.8) is 0 Å². The van der Waals surface area contributed by atoms with Crippen molar-refractivity contribution in [3.05, 3.63) is 28.8 Å². The van der Waals surface area contributed by atoms with Crippen LogP contribution in [0.3, 0.4) is 0 Å². The second-order valence-electron chi connectivity index (χ2n) is 4.58. The van der Waals surface area contributed by atoms with E-state index in [9.17, 15) is 4.79 Å². The zero-order valence-electron chi connectivity index (χ0n) is 9.71. The molecule has 1 aliphatic rings. The predicted octanol–water partition coefficient (Wildman–Crippen LogP) is 2.84. The van der Waals surface area contributed by atoms with E-state index in [4.69, 9.17) is 17.3 Å². The largest absolute Gasteiger partial charge is 0.398 e. The zero-order chi connectivity index (χ0) is 12.3. The Morgan fingerprint density at radius 1 is 1.47 bits per heavy atom. The summed E-state index contributed by atoms with van der Waals surface area (Å²) in [5.74, 6) is 0.835. The molecule has 2 rings (SSSR count). The maximum Gasteiger partial charge on any atom is 0.251 e. The Kier molecular flexibility index (Phi) is 3.89. The van der Waals surface area contributed by atoms with E-state index in [1.807, 2.05) is 0 Å². The number of nitrogens with two attached hydrogens (primary N) is 1. The van der Waals surface area contributed by atoms with E-state index in [1.54, 1.807) is 18.2 Å². The van der Waals surface area contributed by atoms with Gasteiger partial charge in [-0.15, -0.1) is 0 Å². The van der Waals surface area contributed by atoms with E-state index in [0.717, 1.165) is 18.9 Å². The van der Waals surface area contributed by atoms with Crippen molar-refractivity contribution in [3.8, 4) is 0 Å². The first-order chi connectivity index (χ1) is 8.16. The van der Waals surface area contributed by atoms with Crippen LogP contribution in [0.4, 0.5) is 5.69 Å². The minimum absolute atomic E-state index is 0.0795. The Morgan fingerprint density at radius 3 is 2.88 bits per heavy atom. The summed E-state index contributed by atoms with van der Waals surface area (Å²) in [4.78, 5) is 11.8. The van der Waals surface area contributed by atoms with E-state index in [-0.39, 0.29) is 5.91 Å². The van der Waals surface area contributed by atoms with Gasteiger partial charge in [-0.25, -0.2) is 0 Å². The van der Waals surface area contributed by atoms with Gasteiger partial charge in [0.25, 0.3) is 5.91 Å². The number of carbonyl (C=O) groups is 1. The summed E-state index contributed by atoms with van der Waals surface area (Å²) >= 11 is 5.80. The fourth-order valence-corrected chi connectivity index (χ4v) is 1.90. The summed E-state index contributed by atoms with van der Waals surface area (Å²) in [6.45, 7) is 0.734. The third kappa shape index (κ3) is 3.63. The Balaban J connectivity index is 1.79. The molecule has 0 bridgehead atoms. The molecule has 0 saturated heterocycles. The third-order valence-electron chi connectivity index (χ3n) is 3.03. The molecule has 3 N–H and O–H groups in total. The highest BCUT2D eigenvalue weighted by molar-refractivity contribution is 6.33. The number of nitrogen functional groups attached to an aromatic ring is 1. The average molecular weight is 253 g/mol. The van der Waals surface area contributed by atoms with Crippen LogP contribution >= 0.6 is 11.6 Å². The highest BCUT2D eigenvalue weighted by atomic mass is 35.5. The zero-order valence-corrected chi connectivity index (χ0v) is 10.5. The molecule has 1 saturated carbocycles. The topological polar surface area (TPSA) is 55.1 Å². The van der Waals surface area contributed by atoms with E-state index < -0.39 is 0 Å². The van der Waals surface area contributed by atoms with Crippen molar-refractivity contribution in [2.24, 2.45) is 5.92 Å². The fraction of sp³-hybridized carbons (Fsp3) is 0.462. The number of amides is 1. The highest BCUT2D eigenvalue weighted by Crippen LogP contribution is 2.33. The van der Waals surface area contributed by atoms with Crippen molar-refractivity contribution in [1.29, 1.82) is 0 Å². The van der Waals surface area contributed by atoms with Gasteiger partial charge in [0.1, 0.15) is 0 Å². The number of hydrogen-bond donors (Lipinski definition) is 2. The molecule has 0 atom stereocenters. The lowest BCUT2D eigenvalue weighted by atomic mass is 10.2. The van der Waals surface area contributed by atoms with E-state index in [0.29, 0.717) is 16.3 Å². The summed E-state index contributed by atoms with van der Waals surface area (Å²) in [5.41, 5.74) is 6.66. The number of rotatable bonds is 5. The van der Waals surface area contributed by atoms with E-state index in [1.165, 1.54) is 19.3 Å². The Hall–Kier alpha value is -1.22. The number of halogens is 1. The van der Waals surface area contributed by atoms with Gasteiger partial charge in [-0.05, 0) is 37.0 Å². The van der Waals surface area contributed by atoms with Crippen molar-refractivity contribution >= 4 is 23.2 Å². The van der Waals surface area contributed by atoms with Crippen molar-refractivity contribution in [1.82, 2.24) is 5.32 Å². The average Bonchev–Trinajstić information content (AvgIpc) is 3.12. The first-order valence-electron chi connectivity index (χ1n) is 6.00. The first-order valence-corrected chi connectivity index (χ1v) is 6.38. The number of benzene rings is 1. The van der Waals surface area contributed by atoms with Crippen LogP contribution in [0.1, 0.15) is 36.0 Å². The van der Waals surface area contributed by atoms with Gasteiger partial charge < -0.3 is 11.1 Å². The Morgan fingerprint density at radius 2 is 2.24 bits per heavy atom. The minimum Gasteiger partial charge on any atom is -0.398 e. The fourth-order valence-electron chi connectivity index (χ4n) is 1.79. The third-order valence-corrected chi connectivity index (χ3v) is 3.37.